The zero-order valence-corrected chi connectivity index (χ0v) is 12.8. The van der Waals surface area contributed by atoms with Crippen LogP contribution in [0.25, 0.3) is 0 Å². The number of aromatic hydroxyl groups is 1. The summed E-state index contributed by atoms with van der Waals surface area (Å²) >= 11 is 5.87. The molecule has 0 aliphatic heterocycles. The average molecular weight is 318 g/mol. The van der Waals surface area contributed by atoms with Gasteiger partial charge >= 0.3 is 0 Å². The predicted molar refractivity (Wildman–Crippen MR) is 85.6 cm³/mol. The molecule has 1 amide bonds. The fourth-order valence-corrected chi connectivity index (χ4v) is 2.71. The molecule has 4 nitrogen and oxygen atoms in total. The lowest BCUT2D eigenvalue weighted by atomic mass is 10.1. The van der Waals surface area contributed by atoms with Crippen molar-refractivity contribution in [3.05, 3.63) is 53.1 Å². The lowest BCUT2D eigenvalue weighted by molar-refractivity contribution is -0.117. The minimum Gasteiger partial charge on any atom is -0.506 e. The summed E-state index contributed by atoms with van der Waals surface area (Å²) in [5, 5.41) is 12.9. The standard InChI is InChI=1S/C17H16ClNO3/c1-22-12-5-2-10(3-6-12)13-9-14(13)17(21)19-15-8-11(18)4-7-16(15)20/h2-8,13-14,20H,9H2,1H3,(H,19,21). The first-order chi connectivity index (χ1) is 10.6. The normalized spacial score (nSPS) is 19.5. The molecule has 2 unspecified atom stereocenters. The summed E-state index contributed by atoms with van der Waals surface area (Å²) in [7, 11) is 1.62. The topological polar surface area (TPSA) is 58.6 Å². The van der Waals surface area contributed by atoms with Crippen LogP contribution in [-0.4, -0.2) is 18.1 Å². The molecule has 0 bridgehead atoms. The van der Waals surface area contributed by atoms with E-state index >= 15 is 0 Å². The van der Waals surface area contributed by atoms with Crippen molar-refractivity contribution in [2.24, 2.45) is 5.92 Å². The summed E-state index contributed by atoms with van der Waals surface area (Å²) in [5.41, 5.74) is 1.47. The third kappa shape index (κ3) is 3.02. The van der Waals surface area contributed by atoms with E-state index in [2.05, 4.69) is 5.32 Å². The number of methoxy groups -OCH3 is 1. The van der Waals surface area contributed by atoms with Gasteiger partial charge in [0.25, 0.3) is 0 Å². The lowest BCUT2D eigenvalue weighted by Gasteiger charge is -2.08. The number of benzene rings is 2. The van der Waals surface area contributed by atoms with Crippen LogP contribution in [-0.2, 0) is 4.79 Å². The molecule has 0 aromatic heterocycles. The molecule has 5 heteroatoms. The van der Waals surface area contributed by atoms with Gasteiger partial charge in [0.1, 0.15) is 11.5 Å². The zero-order valence-electron chi connectivity index (χ0n) is 12.0. The number of phenols is 1. The summed E-state index contributed by atoms with van der Waals surface area (Å²) in [6, 6.07) is 12.3. The maximum atomic E-state index is 12.3. The highest BCUT2D eigenvalue weighted by atomic mass is 35.5. The number of hydrogen-bond donors (Lipinski definition) is 2. The van der Waals surface area contributed by atoms with E-state index in [-0.39, 0.29) is 23.5 Å². The van der Waals surface area contributed by atoms with Crippen LogP contribution < -0.4 is 10.1 Å². The molecule has 114 valence electrons. The molecule has 0 spiro atoms. The third-order valence-electron chi connectivity index (χ3n) is 3.89. The van der Waals surface area contributed by atoms with E-state index in [1.807, 2.05) is 24.3 Å². The van der Waals surface area contributed by atoms with E-state index in [1.54, 1.807) is 19.2 Å². The molecule has 3 rings (SSSR count). The molecule has 1 fully saturated rings. The Kier molecular flexibility index (Phi) is 3.94. The first-order valence-electron chi connectivity index (χ1n) is 7.02. The highest BCUT2D eigenvalue weighted by Crippen LogP contribution is 2.48. The van der Waals surface area contributed by atoms with E-state index in [4.69, 9.17) is 16.3 Å². The molecule has 2 atom stereocenters. The van der Waals surface area contributed by atoms with Gasteiger partial charge in [0.05, 0.1) is 12.8 Å². The number of phenolic OH excluding ortho intramolecular Hbond substituents is 1. The van der Waals surface area contributed by atoms with Crippen LogP contribution in [0.3, 0.4) is 0 Å². The number of carbonyl (C=O) groups is 1. The molecular formula is C17H16ClNO3. The van der Waals surface area contributed by atoms with Gasteiger partial charge in [-0.05, 0) is 48.2 Å². The second-order valence-electron chi connectivity index (χ2n) is 5.37. The van der Waals surface area contributed by atoms with Crippen LogP contribution in [0.4, 0.5) is 5.69 Å². The number of anilines is 1. The molecule has 2 aromatic carbocycles. The van der Waals surface area contributed by atoms with Crippen LogP contribution in [0.15, 0.2) is 42.5 Å². The zero-order chi connectivity index (χ0) is 15.7. The largest absolute Gasteiger partial charge is 0.506 e. The van der Waals surface area contributed by atoms with Crippen molar-refractivity contribution in [3.8, 4) is 11.5 Å². The second kappa shape index (κ2) is 5.89. The molecule has 0 saturated heterocycles. The number of amides is 1. The number of halogens is 1. The van der Waals surface area contributed by atoms with Gasteiger partial charge in [-0.1, -0.05) is 23.7 Å². The van der Waals surface area contributed by atoms with Gasteiger partial charge in [0, 0.05) is 10.9 Å². The van der Waals surface area contributed by atoms with Crippen LogP contribution in [0.5, 0.6) is 11.5 Å². The fraction of sp³-hybridized carbons (Fsp3) is 0.235. The maximum Gasteiger partial charge on any atom is 0.228 e. The number of ether oxygens (including phenoxy) is 1. The van der Waals surface area contributed by atoms with E-state index in [0.717, 1.165) is 17.7 Å². The Morgan fingerprint density at radius 2 is 2.00 bits per heavy atom. The Morgan fingerprint density at radius 3 is 2.68 bits per heavy atom. The van der Waals surface area contributed by atoms with Crippen molar-refractivity contribution in [2.75, 3.05) is 12.4 Å². The first kappa shape index (κ1) is 14.7. The molecule has 1 aliphatic carbocycles. The Hall–Kier alpha value is -2.20. The third-order valence-corrected chi connectivity index (χ3v) is 4.12. The number of hydrogen-bond acceptors (Lipinski definition) is 3. The predicted octanol–water partition coefficient (Wildman–Crippen LogP) is 3.80. The molecule has 2 N–H and O–H groups in total. The van der Waals surface area contributed by atoms with Gasteiger partial charge in [0.15, 0.2) is 0 Å². The summed E-state index contributed by atoms with van der Waals surface area (Å²) < 4.78 is 5.13. The highest BCUT2D eigenvalue weighted by Gasteiger charge is 2.44. The van der Waals surface area contributed by atoms with Crippen LogP contribution in [0, 0.1) is 5.92 Å². The molecule has 1 saturated carbocycles. The number of nitrogens with one attached hydrogen (secondary N) is 1. The van der Waals surface area contributed by atoms with Gasteiger partial charge in [-0.15, -0.1) is 0 Å². The van der Waals surface area contributed by atoms with Crippen molar-refractivity contribution in [3.63, 3.8) is 0 Å². The SMILES string of the molecule is COc1ccc(C2CC2C(=O)Nc2cc(Cl)ccc2O)cc1. The van der Waals surface area contributed by atoms with E-state index in [9.17, 15) is 9.90 Å². The monoisotopic (exact) mass is 317 g/mol. The summed E-state index contributed by atoms with van der Waals surface area (Å²) in [5.74, 6) is 0.853. The van der Waals surface area contributed by atoms with E-state index in [0.29, 0.717) is 10.7 Å². The van der Waals surface area contributed by atoms with Gasteiger partial charge in [0.2, 0.25) is 5.91 Å². The molecule has 1 aliphatic rings. The van der Waals surface area contributed by atoms with Gasteiger partial charge < -0.3 is 15.2 Å². The number of rotatable bonds is 4. The summed E-state index contributed by atoms with van der Waals surface area (Å²) in [4.78, 5) is 12.3. The summed E-state index contributed by atoms with van der Waals surface area (Å²) in [6.45, 7) is 0. The molecule has 22 heavy (non-hydrogen) atoms. The van der Waals surface area contributed by atoms with Crippen molar-refractivity contribution in [1.29, 1.82) is 0 Å². The van der Waals surface area contributed by atoms with Crippen LogP contribution in [0.2, 0.25) is 5.02 Å². The maximum absolute atomic E-state index is 12.3. The first-order valence-corrected chi connectivity index (χ1v) is 7.39. The summed E-state index contributed by atoms with van der Waals surface area (Å²) in [6.07, 6.45) is 0.805. The molecule has 0 heterocycles. The Balaban J connectivity index is 1.66. The Labute approximate surface area is 133 Å². The quantitative estimate of drug-likeness (QED) is 0.843. The molecule has 2 aromatic rings. The average Bonchev–Trinajstić information content (AvgIpc) is 3.32. The van der Waals surface area contributed by atoms with Crippen molar-refractivity contribution in [2.45, 2.75) is 12.3 Å². The van der Waals surface area contributed by atoms with Crippen LogP contribution >= 0.6 is 11.6 Å². The Bertz CT molecular complexity index is 700. The Morgan fingerprint density at radius 1 is 1.27 bits per heavy atom. The lowest BCUT2D eigenvalue weighted by Crippen LogP contribution is -2.14. The van der Waals surface area contributed by atoms with E-state index in [1.165, 1.54) is 6.07 Å². The van der Waals surface area contributed by atoms with Crippen molar-refractivity contribution < 1.29 is 14.6 Å². The smallest absolute Gasteiger partial charge is 0.228 e. The molecule has 0 radical (unpaired) electrons. The minimum atomic E-state index is -0.0987. The van der Waals surface area contributed by atoms with Gasteiger partial charge in [-0.2, -0.15) is 0 Å². The fourth-order valence-electron chi connectivity index (χ4n) is 2.54. The van der Waals surface area contributed by atoms with Crippen molar-refractivity contribution >= 4 is 23.2 Å². The number of carbonyl (C=O) groups excluding carboxylic acids is 1. The second-order valence-corrected chi connectivity index (χ2v) is 5.81. The highest BCUT2D eigenvalue weighted by molar-refractivity contribution is 6.31. The molecular weight excluding hydrogens is 302 g/mol. The van der Waals surface area contributed by atoms with Crippen LogP contribution in [0.1, 0.15) is 17.9 Å². The van der Waals surface area contributed by atoms with E-state index < -0.39 is 0 Å². The van der Waals surface area contributed by atoms with Crippen molar-refractivity contribution in [1.82, 2.24) is 0 Å². The minimum absolute atomic E-state index is 0.0133. The van der Waals surface area contributed by atoms with Gasteiger partial charge in [-0.25, -0.2) is 0 Å². The van der Waals surface area contributed by atoms with Gasteiger partial charge in [-0.3, -0.25) is 4.79 Å².